The molecule has 2 N–H and O–H groups in total. The first-order valence-corrected chi connectivity index (χ1v) is 6.58. The normalized spacial score (nSPS) is 11.1. The minimum atomic E-state index is -0.302. The molecule has 0 aliphatic rings. The Morgan fingerprint density at radius 3 is 2.50 bits per heavy atom. The lowest BCUT2D eigenvalue weighted by Gasteiger charge is -2.11. The molecule has 106 valence electrons. The van der Waals surface area contributed by atoms with Crippen LogP contribution in [-0.2, 0) is 13.1 Å². The molecule has 0 saturated carbocycles. The van der Waals surface area contributed by atoms with Crippen molar-refractivity contribution in [2.45, 2.75) is 26.9 Å². The number of rotatable bonds is 4. The highest BCUT2D eigenvalue weighted by molar-refractivity contribution is 5.58. The lowest BCUT2D eigenvalue weighted by atomic mass is 10.1. The fourth-order valence-electron chi connectivity index (χ4n) is 1.97. The average Bonchev–Trinajstić information content (AvgIpc) is 2.41. The quantitative estimate of drug-likeness (QED) is 0.930. The molecule has 2 aromatic rings. The molecule has 0 atom stereocenters. The van der Waals surface area contributed by atoms with Gasteiger partial charge in [-0.3, -0.25) is 4.79 Å². The van der Waals surface area contributed by atoms with Gasteiger partial charge in [-0.25, -0.2) is 9.07 Å². The summed E-state index contributed by atoms with van der Waals surface area (Å²) in [5.41, 5.74) is 7.37. The van der Waals surface area contributed by atoms with Crippen LogP contribution in [0.4, 0.5) is 4.39 Å². The van der Waals surface area contributed by atoms with Crippen LogP contribution in [-0.4, -0.2) is 9.78 Å². The van der Waals surface area contributed by atoms with Gasteiger partial charge in [-0.05, 0) is 36.2 Å². The van der Waals surface area contributed by atoms with Gasteiger partial charge in [-0.2, -0.15) is 5.10 Å². The van der Waals surface area contributed by atoms with Gasteiger partial charge in [0.25, 0.3) is 5.56 Å². The van der Waals surface area contributed by atoms with E-state index in [-0.39, 0.29) is 17.9 Å². The lowest BCUT2D eigenvalue weighted by molar-refractivity contribution is 0.462. The molecule has 2 rings (SSSR count). The maximum atomic E-state index is 13.0. The van der Waals surface area contributed by atoms with Crippen molar-refractivity contribution in [3.63, 3.8) is 0 Å². The molecule has 0 saturated heterocycles. The number of nitrogens with zero attached hydrogens (tertiary/aromatic N) is 2. The van der Waals surface area contributed by atoms with Crippen molar-refractivity contribution in [1.82, 2.24) is 9.78 Å². The van der Waals surface area contributed by atoms with Gasteiger partial charge >= 0.3 is 0 Å². The van der Waals surface area contributed by atoms with Crippen molar-refractivity contribution in [1.29, 1.82) is 0 Å². The molecule has 0 radical (unpaired) electrons. The molecule has 0 aliphatic heterocycles. The smallest absolute Gasteiger partial charge is 0.271 e. The second kappa shape index (κ2) is 5.96. The van der Waals surface area contributed by atoms with Crippen LogP contribution in [0.2, 0.25) is 0 Å². The van der Waals surface area contributed by atoms with Gasteiger partial charge in [0, 0.05) is 24.2 Å². The molecule has 1 aromatic carbocycles. The topological polar surface area (TPSA) is 60.9 Å². The van der Waals surface area contributed by atoms with Crippen LogP contribution >= 0.6 is 0 Å². The Morgan fingerprint density at radius 2 is 1.95 bits per heavy atom. The molecule has 0 bridgehead atoms. The average molecular weight is 275 g/mol. The van der Waals surface area contributed by atoms with E-state index in [0.29, 0.717) is 23.7 Å². The first-order chi connectivity index (χ1) is 9.51. The third-order valence-corrected chi connectivity index (χ3v) is 2.95. The molecule has 0 spiro atoms. The van der Waals surface area contributed by atoms with Gasteiger partial charge in [0.2, 0.25) is 0 Å². The number of hydrogen-bond donors (Lipinski definition) is 1. The fraction of sp³-hybridized carbons (Fsp3) is 0.333. The van der Waals surface area contributed by atoms with Crippen molar-refractivity contribution in [3.05, 3.63) is 52.1 Å². The number of halogens is 1. The predicted octanol–water partition coefficient (Wildman–Crippen LogP) is 2.16. The Balaban J connectivity index is 2.53. The van der Waals surface area contributed by atoms with Crippen molar-refractivity contribution in [2.24, 2.45) is 11.7 Å². The van der Waals surface area contributed by atoms with Crippen molar-refractivity contribution in [2.75, 3.05) is 0 Å². The zero-order valence-electron chi connectivity index (χ0n) is 11.6. The van der Waals surface area contributed by atoms with Gasteiger partial charge in [0.05, 0.1) is 5.69 Å². The summed E-state index contributed by atoms with van der Waals surface area (Å²) in [5, 5.41) is 4.35. The lowest BCUT2D eigenvalue weighted by Crippen LogP contribution is -2.29. The highest BCUT2D eigenvalue weighted by Crippen LogP contribution is 2.17. The van der Waals surface area contributed by atoms with Gasteiger partial charge in [0.1, 0.15) is 5.82 Å². The van der Waals surface area contributed by atoms with E-state index in [9.17, 15) is 9.18 Å². The highest BCUT2D eigenvalue weighted by Gasteiger charge is 2.10. The molecular formula is C15H18FN3O. The summed E-state index contributed by atoms with van der Waals surface area (Å²) >= 11 is 0. The Morgan fingerprint density at radius 1 is 1.30 bits per heavy atom. The SMILES string of the molecule is CC(C)Cn1nc(-c2ccc(F)cc2)cc(CN)c1=O. The number of aromatic nitrogens is 2. The molecule has 0 aliphatic carbocycles. The van der Waals surface area contributed by atoms with E-state index in [1.165, 1.54) is 16.8 Å². The Bertz CT molecular complexity index is 647. The van der Waals surface area contributed by atoms with E-state index >= 15 is 0 Å². The van der Waals surface area contributed by atoms with E-state index < -0.39 is 0 Å². The molecule has 5 heteroatoms. The van der Waals surface area contributed by atoms with Crippen molar-refractivity contribution >= 4 is 0 Å². The van der Waals surface area contributed by atoms with Crippen LogP contribution in [0.3, 0.4) is 0 Å². The molecule has 1 aromatic heterocycles. The highest BCUT2D eigenvalue weighted by atomic mass is 19.1. The van der Waals surface area contributed by atoms with Crippen LogP contribution in [0.25, 0.3) is 11.3 Å². The zero-order chi connectivity index (χ0) is 14.7. The number of nitrogens with two attached hydrogens (primary N) is 1. The van der Waals surface area contributed by atoms with Crippen LogP contribution in [0.5, 0.6) is 0 Å². The fourth-order valence-corrected chi connectivity index (χ4v) is 1.97. The molecular weight excluding hydrogens is 257 g/mol. The first kappa shape index (κ1) is 14.4. The maximum Gasteiger partial charge on any atom is 0.271 e. The molecule has 20 heavy (non-hydrogen) atoms. The number of hydrogen-bond acceptors (Lipinski definition) is 3. The first-order valence-electron chi connectivity index (χ1n) is 6.58. The summed E-state index contributed by atoms with van der Waals surface area (Å²) in [7, 11) is 0. The minimum Gasteiger partial charge on any atom is -0.326 e. The standard InChI is InChI=1S/C15H18FN3O/c1-10(2)9-19-15(20)12(8-17)7-14(18-19)11-3-5-13(16)6-4-11/h3-7,10H,8-9,17H2,1-2H3. The van der Waals surface area contributed by atoms with E-state index in [1.54, 1.807) is 18.2 Å². The summed E-state index contributed by atoms with van der Waals surface area (Å²) in [6.07, 6.45) is 0. The molecule has 0 fully saturated rings. The molecule has 4 nitrogen and oxygen atoms in total. The van der Waals surface area contributed by atoms with Crippen molar-refractivity contribution in [3.8, 4) is 11.3 Å². The summed E-state index contributed by atoms with van der Waals surface area (Å²) in [6.45, 7) is 4.72. The van der Waals surface area contributed by atoms with Crippen molar-refractivity contribution < 1.29 is 4.39 Å². The maximum absolute atomic E-state index is 13.0. The number of benzene rings is 1. The van der Waals surface area contributed by atoms with Gasteiger partial charge in [-0.1, -0.05) is 13.8 Å². The third-order valence-electron chi connectivity index (χ3n) is 2.95. The second-order valence-corrected chi connectivity index (χ2v) is 5.15. The minimum absolute atomic E-state index is 0.160. The summed E-state index contributed by atoms with van der Waals surface area (Å²) in [4.78, 5) is 12.1. The van der Waals surface area contributed by atoms with E-state index in [1.807, 2.05) is 13.8 Å². The Labute approximate surface area is 117 Å². The van der Waals surface area contributed by atoms with Gasteiger partial charge in [0.15, 0.2) is 0 Å². The van der Waals surface area contributed by atoms with Crippen LogP contribution in [0, 0.1) is 11.7 Å². The largest absolute Gasteiger partial charge is 0.326 e. The van der Waals surface area contributed by atoms with Crippen LogP contribution in [0.1, 0.15) is 19.4 Å². The summed E-state index contributed by atoms with van der Waals surface area (Å²) in [5.74, 6) is -0.00223. The van der Waals surface area contributed by atoms with Gasteiger partial charge < -0.3 is 5.73 Å². The van der Waals surface area contributed by atoms with Crippen LogP contribution < -0.4 is 11.3 Å². The summed E-state index contributed by atoms with van der Waals surface area (Å²) in [6, 6.07) is 7.70. The van der Waals surface area contributed by atoms with E-state index in [2.05, 4.69) is 5.10 Å². The summed E-state index contributed by atoms with van der Waals surface area (Å²) < 4.78 is 14.4. The van der Waals surface area contributed by atoms with Gasteiger partial charge in [-0.15, -0.1) is 0 Å². The predicted molar refractivity (Wildman–Crippen MR) is 76.6 cm³/mol. The Hall–Kier alpha value is -2.01. The molecule has 0 amide bonds. The van der Waals surface area contributed by atoms with E-state index in [0.717, 1.165) is 5.56 Å². The zero-order valence-corrected chi connectivity index (χ0v) is 11.6. The second-order valence-electron chi connectivity index (χ2n) is 5.15. The molecule has 0 unspecified atom stereocenters. The van der Waals surface area contributed by atoms with E-state index in [4.69, 9.17) is 5.73 Å². The molecule has 1 heterocycles. The third kappa shape index (κ3) is 3.11. The van der Waals surface area contributed by atoms with Crippen LogP contribution in [0.15, 0.2) is 35.1 Å². The Kier molecular flexibility index (Phi) is 4.29. The monoisotopic (exact) mass is 275 g/mol.